The molecule has 0 aliphatic heterocycles. The summed E-state index contributed by atoms with van der Waals surface area (Å²) >= 11 is 5.87. The van der Waals surface area contributed by atoms with Gasteiger partial charge in [0.2, 0.25) is 0 Å². The fourth-order valence-corrected chi connectivity index (χ4v) is 2.77. The van der Waals surface area contributed by atoms with Gasteiger partial charge in [0.15, 0.2) is 0 Å². The van der Waals surface area contributed by atoms with Crippen LogP contribution in [-0.2, 0) is 6.42 Å². The Morgan fingerprint density at radius 3 is 2.59 bits per heavy atom. The van der Waals surface area contributed by atoms with Crippen molar-refractivity contribution < 1.29 is 0 Å². The maximum absolute atomic E-state index is 6.24. The minimum Gasteiger partial charge on any atom is -0.324 e. The van der Waals surface area contributed by atoms with Crippen molar-refractivity contribution in [1.29, 1.82) is 0 Å². The van der Waals surface area contributed by atoms with Gasteiger partial charge in [-0.3, -0.25) is 0 Å². The Balaban J connectivity index is 2.17. The molecule has 3 heteroatoms. The Morgan fingerprint density at radius 2 is 1.88 bits per heavy atom. The van der Waals surface area contributed by atoms with Gasteiger partial charge in [0.25, 0.3) is 0 Å². The summed E-state index contributed by atoms with van der Waals surface area (Å²) in [7, 11) is 0. The third kappa shape index (κ3) is 3.53. The van der Waals surface area contributed by atoms with E-state index in [4.69, 9.17) is 5.73 Å². The third-order valence-electron chi connectivity index (χ3n) is 2.67. The number of hydrogen-bond acceptors (Lipinski definition) is 1. The Hall–Kier alpha value is -0.390. The zero-order valence-corrected chi connectivity index (χ0v) is 13.0. The zero-order chi connectivity index (χ0) is 12.3. The molecule has 0 saturated heterocycles. The molecule has 0 heterocycles. The van der Waals surface area contributed by atoms with E-state index in [0.29, 0.717) is 0 Å². The third-order valence-corrected chi connectivity index (χ3v) is 4.12. The highest BCUT2D eigenvalue weighted by Crippen LogP contribution is 2.23. The lowest BCUT2D eigenvalue weighted by Gasteiger charge is -2.13. The number of hydrogen-bond donors (Lipinski definition) is 1. The first-order valence-electron chi connectivity index (χ1n) is 5.41. The van der Waals surface area contributed by atoms with Gasteiger partial charge in [-0.05, 0) is 58.3 Å². The number of nitrogens with two attached hydrogens (primary N) is 1. The largest absolute Gasteiger partial charge is 0.324 e. The SMILES string of the molecule is NC(Cc1ccccc1Br)c1cccc(I)c1. The molecule has 0 saturated carbocycles. The van der Waals surface area contributed by atoms with Gasteiger partial charge < -0.3 is 5.73 Å². The molecular formula is C14H13BrIN. The molecule has 2 N–H and O–H groups in total. The molecule has 0 bridgehead atoms. The molecule has 0 spiro atoms. The van der Waals surface area contributed by atoms with Crippen molar-refractivity contribution in [3.05, 3.63) is 67.7 Å². The molecule has 0 amide bonds. The van der Waals surface area contributed by atoms with E-state index in [1.54, 1.807) is 0 Å². The van der Waals surface area contributed by atoms with Crippen LogP contribution in [0.25, 0.3) is 0 Å². The molecular weight excluding hydrogens is 389 g/mol. The van der Waals surface area contributed by atoms with Crippen LogP contribution in [0.4, 0.5) is 0 Å². The average molecular weight is 402 g/mol. The second kappa shape index (κ2) is 5.98. The first kappa shape index (κ1) is 13.1. The molecule has 1 unspecified atom stereocenters. The molecule has 2 rings (SSSR count). The van der Waals surface area contributed by atoms with Crippen molar-refractivity contribution >= 4 is 38.5 Å². The van der Waals surface area contributed by atoms with Crippen LogP contribution in [0.15, 0.2) is 53.0 Å². The maximum atomic E-state index is 6.24. The highest BCUT2D eigenvalue weighted by Gasteiger charge is 2.09. The van der Waals surface area contributed by atoms with E-state index in [9.17, 15) is 0 Å². The van der Waals surface area contributed by atoms with Crippen LogP contribution < -0.4 is 5.73 Å². The standard InChI is InChI=1S/C14H13BrIN/c15-13-7-2-1-4-10(13)9-14(17)11-5-3-6-12(16)8-11/h1-8,14H,9,17H2. The van der Waals surface area contributed by atoms with Crippen molar-refractivity contribution in [2.24, 2.45) is 5.73 Å². The predicted octanol–water partition coefficient (Wildman–Crippen LogP) is 4.30. The molecule has 0 radical (unpaired) electrons. The Kier molecular flexibility index (Phi) is 4.59. The molecule has 1 nitrogen and oxygen atoms in total. The first-order valence-corrected chi connectivity index (χ1v) is 7.28. The van der Waals surface area contributed by atoms with Crippen LogP contribution in [0.3, 0.4) is 0 Å². The smallest absolute Gasteiger partial charge is 0.0336 e. The fraction of sp³-hybridized carbons (Fsp3) is 0.143. The molecule has 88 valence electrons. The molecule has 17 heavy (non-hydrogen) atoms. The highest BCUT2D eigenvalue weighted by molar-refractivity contribution is 14.1. The van der Waals surface area contributed by atoms with Crippen LogP contribution in [0, 0.1) is 3.57 Å². The summed E-state index contributed by atoms with van der Waals surface area (Å²) in [6.07, 6.45) is 0.849. The number of benzene rings is 2. The van der Waals surface area contributed by atoms with Gasteiger partial charge in [-0.15, -0.1) is 0 Å². The van der Waals surface area contributed by atoms with Gasteiger partial charge in [-0.1, -0.05) is 46.3 Å². The van der Waals surface area contributed by atoms with Crippen molar-refractivity contribution in [2.75, 3.05) is 0 Å². The van der Waals surface area contributed by atoms with Gasteiger partial charge in [-0.2, -0.15) is 0 Å². The quantitative estimate of drug-likeness (QED) is 0.762. The van der Waals surface area contributed by atoms with Crippen molar-refractivity contribution in [2.45, 2.75) is 12.5 Å². The van der Waals surface area contributed by atoms with Crippen LogP contribution in [-0.4, -0.2) is 0 Å². The minimum absolute atomic E-state index is 0.0448. The van der Waals surface area contributed by atoms with Gasteiger partial charge in [0.05, 0.1) is 0 Å². The second-order valence-electron chi connectivity index (χ2n) is 3.96. The topological polar surface area (TPSA) is 26.0 Å². The minimum atomic E-state index is 0.0448. The summed E-state index contributed by atoms with van der Waals surface area (Å²) in [6.45, 7) is 0. The summed E-state index contributed by atoms with van der Waals surface area (Å²) in [4.78, 5) is 0. The van der Waals surface area contributed by atoms with E-state index < -0.39 is 0 Å². The summed E-state index contributed by atoms with van der Waals surface area (Å²) < 4.78 is 2.35. The van der Waals surface area contributed by atoms with Gasteiger partial charge in [-0.25, -0.2) is 0 Å². The lowest BCUT2D eigenvalue weighted by Crippen LogP contribution is -2.13. The van der Waals surface area contributed by atoms with Crippen molar-refractivity contribution in [1.82, 2.24) is 0 Å². The van der Waals surface area contributed by atoms with Gasteiger partial charge in [0.1, 0.15) is 0 Å². The van der Waals surface area contributed by atoms with Crippen LogP contribution in [0.1, 0.15) is 17.2 Å². The monoisotopic (exact) mass is 401 g/mol. The number of halogens is 2. The zero-order valence-electron chi connectivity index (χ0n) is 9.24. The maximum Gasteiger partial charge on any atom is 0.0336 e. The van der Waals surface area contributed by atoms with E-state index in [0.717, 1.165) is 10.9 Å². The van der Waals surface area contributed by atoms with Crippen molar-refractivity contribution in [3.8, 4) is 0 Å². The van der Waals surface area contributed by atoms with Crippen molar-refractivity contribution in [3.63, 3.8) is 0 Å². The summed E-state index contributed by atoms with van der Waals surface area (Å²) in [5.74, 6) is 0. The van der Waals surface area contributed by atoms with Crippen LogP contribution in [0.2, 0.25) is 0 Å². The molecule has 0 aromatic heterocycles. The lowest BCUT2D eigenvalue weighted by molar-refractivity contribution is 0.719. The van der Waals surface area contributed by atoms with Gasteiger partial charge in [0, 0.05) is 14.1 Å². The summed E-state index contributed by atoms with van der Waals surface area (Å²) in [5.41, 5.74) is 8.68. The highest BCUT2D eigenvalue weighted by atomic mass is 127. The lowest BCUT2D eigenvalue weighted by atomic mass is 10.00. The Bertz CT molecular complexity index is 513. The molecule has 0 fully saturated rings. The summed E-state index contributed by atoms with van der Waals surface area (Å²) in [6, 6.07) is 16.6. The van der Waals surface area contributed by atoms with E-state index in [1.807, 2.05) is 12.1 Å². The fourth-order valence-electron chi connectivity index (χ4n) is 1.76. The number of rotatable bonds is 3. The molecule has 1 atom stereocenters. The van der Waals surface area contributed by atoms with E-state index in [-0.39, 0.29) is 6.04 Å². The molecule has 0 aliphatic rings. The predicted molar refractivity (Wildman–Crippen MR) is 83.9 cm³/mol. The Morgan fingerprint density at radius 1 is 1.12 bits per heavy atom. The van der Waals surface area contributed by atoms with E-state index in [2.05, 4.69) is 74.9 Å². The molecule has 2 aromatic carbocycles. The van der Waals surface area contributed by atoms with E-state index in [1.165, 1.54) is 14.7 Å². The second-order valence-corrected chi connectivity index (χ2v) is 6.06. The van der Waals surface area contributed by atoms with Gasteiger partial charge >= 0.3 is 0 Å². The average Bonchev–Trinajstić information content (AvgIpc) is 2.32. The van der Waals surface area contributed by atoms with E-state index >= 15 is 0 Å². The Labute approximate surface area is 124 Å². The molecule has 2 aromatic rings. The molecule has 0 aliphatic carbocycles. The van der Waals surface area contributed by atoms with Crippen LogP contribution >= 0.6 is 38.5 Å². The normalized spacial score (nSPS) is 12.4. The van der Waals surface area contributed by atoms with Crippen LogP contribution in [0.5, 0.6) is 0 Å². The first-order chi connectivity index (χ1) is 8.16. The summed E-state index contributed by atoms with van der Waals surface area (Å²) in [5, 5.41) is 0.